The van der Waals surface area contributed by atoms with Gasteiger partial charge in [0.05, 0.1) is 11.5 Å². The van der Waals surface area contributed by atoms with Crippen LogP contribution in [0.25, 0.3) is 11.3 Å². The lowest BCUT2D eigenvalue weighted by atomic mass is 10.1. The number of nitrogens with zero attached hydrogens (tertiary/aromatic N) is 3. The van der Waals surface area contributed by atoms with E-state index in [4.69, 9.17) is 9.47 Å². The van der Waals surface area contributed by atoms with E-state index in [1.54, 1.807) is 24.3 Å². The summed E-state index contributed by atoms with van der Waals surface area (Å²) in [5, 5.41) is 23.1. The summed E-state index contributed by atoms with van der Waals surface area (Å²) in [4.78, 5) is 15.4. The number of nitrogens with one attached hydrogen (secondary N) is 1. The van der Waals surface area contributed by atoms with Gasteiger partial charge >= 0.3 is 0 Å². The standard InChI is InChI=1S/C21H18N4O4S/c1-2-11-30-21-23-20-18(24-25-21)13-7-3-5-9-15(13)22-19(29-20)14-8-4-6-10-16(14)28-12-17(26)27/h2-10,19,22H,1,11-12H2,(H,26,27)/p-1. The van der Waals surface area contributed by atoms with Crippen LogP contribution in [-0.4, -0.2) is 33.5 Å². The van der Waals surface area contributed by atoms with Crippen LogP contribution >= 0.6 is 11.8 Å². The van der Waals surface area contributed by atoms with Crippen molar-refractivity contribution in [3.63, 3.8) is 0 Å². The number of fused-ring (bicyclic) bond motifs is 3. The maximum Gasteiger partial charge on any atom is 0.247 e. The van der Waals surface area contributed by atoms with Gasteiger partial charge in [-0.15, -0.1) is 16.8 Å². The summed E-state index contributed by atoms with van der Waals surface area (Å²) in [5.41, 5.74) is 2.69. The molecule has 1 N–H and O–H groups in total. The van der Waals surface area contributed by atoms with Crippen molar-refractivity contribution in [1.29, 1.82) is 0 Å². The maximum atomic E-state index is 10.8. The fourth-order valence-electron chi connectivity index (χ4n) is 2.95. The van der Waals surface area contributed by atoms with Crippen molar-refractivity contribution in [2.24, 2.45) is 0 Å². The second-order valence-corrected chi connectivity index (χ2v) is 7.22. The Labute approximate surface area is 177 Å². The van der Waals surface area contributed by atoms with E-state index in [9.17, 15) is 9.90 Å². The second-order valence-electron chi connectivity index (χ2n) is 6.23. The number of carboxylic acid groups (broad SMARTS) is 1. The van der Waals surface area contributed by atoms with Crippen molar-refractivity contribution in [2.45, 2.75) is 11.4 Å². The number of aliphatic carboxylic acids is 1. The first-order chi connectivity index (χ1) is 14.7. The van der Waals surface area contributed by atoms with Crippen LogP contribution < -0.4 is 19.9 Å². The zero-order valence-corrected chi connectivity index (χ0v) is 16.6. The Kier molecular flexibility index (Phi) is 5.80. The third-order valence-corrected chi connectivity index (χ3v) is 5.04. The molecule has 9 heteroatoms. The summed E-state index contributed by atoms with van der Waals surface area (Å²) in [7, 11) is 0. The minimum Gasteiger partial charge on any atom is -0.546 e. The Morgan fingerprint density at radius 1 is 1.23 bits per heavy atom. The van der Waals surface area contributed by atoms with E-state index in [1.807, 2.05) is 30.3 Å². The number of rotatable bonds is 7. The number of aromatic nitrogens is 3. The Morgan fingerprint density at radius 2 is 2.03 bits per heavy atom. The minimum atomic E-state index is -1.31. The molecule has 1 unspecified atom stereocenters. The summed E-state index contributed by atoms with van der Waals surface area (Å²) in [6.45, 7) is 3.13. The predicted molar refractivity (Wildman–Crippen MR) is 110 cm³/mol. The van der Waals surface area contributed by atoms with Gasteiger partial charge in [0.25, 0.3) is 0 Å². The van der Waals surface area contributed by atoms with Gasteiger partial charge in [-0.25, -0.2) is 0 Å². The van der Waals surface area contributed by atoms with Crippen molar-refractivity contribution in [3.8, 4) is 22.9 Å². The van der Waals surface area contributed by atoms with Crippen LogP contribution in [0.15, 0.2) is 66.3 Å². The minimum absolute atomic E-state index is 0.314. The molecule has 1 aromatic heterocycles. The molecular weight excluding hydrogens is 404 g/mol. The van der Waals surface area contributed by atoms with Crippen LogP contribution in [-0.2, 0) is 4.79 Å². The summed E-state index contributed by atoms with van der Waals surface area (Å²) < 4.78 is 11.6. The van der Waals surface area contributed by atoms with E-state index in [-0.39, 0.29) is 0 Å². The third kappa shape index (κ3) is 4.20. The molecule has 0 bridgehead atoms. The van der Waals surface area contributed by atoms with E-state index in [0.29, 0.717) is 33.8 Å². The van der Waals surface area contributed by atoms with Crippen LogP contribution in [0.4, 0.5) is 5.69 Å². The molecule has 2 aromatic carbocycles. The van der Waals surface area contributed by atoms with Gasteiger partial charge < -0.3 is 24.7 Å². The van der Waals surface area contributed by atoms with Crippen LogP contribution in [0.5, 0.6) is 11.6 Å². The van der Waals surface area contributed by atoms with Crippen LogP contribution in [0.3, 0.4) is 0 Å². The van der Waals surface area contributed by atoms with E-state index in [0.717, 1.165) is 11.3 Å². The molecule has 2 heterocycles. The number of ether oxygens (including phenoxy) is 2. The molecule has 1 aliphatic heterocycles. The van der Waals surface area contributed by atoms with Gasteiger partial charge in [0, 0.05) is 17.0 Å². The number of carbonyl (C=O) groups is 1. The van der Waals surface area contributed by atoms with E-state index in [1.165, 1.54) is 11.8 Å². The molecule has 4 rings (SSSR count). The number of thioether (sulfide) groups is 1. The zero-order valence-electron chi connectivity index (χ0n) is 15.8. The van der Waals surface area contributed by atoms with Gasteiger partial charge in [-0.05, 0) is 18.2 Å². The molecule has 1 aliphatic rings. The molecular formula is C21H17N4O4S-. The van der Waals surface area contributed by atoms with E-state index >= 15 is 0 Å². The summed E-state index contributed by atoms with van der Waals surface area (Å²) >= 11 is 1.39. The topological polar surface area (TPSA) is 109 Å². The molecule has 3 aromatic rings. The average Bonchev–Trinajstić information content (AvgIpc) is 2.92. The molecule has 0 saturated heterocycles. The molecule has 0 fully saturated rings. The van der Waals surface area contributed by atoms with Crippen LogP contribution in [0.1, 0.15) is 11.8 Å². The van der Waals surface area contributed by atoms with E-state index < -0.39 is 18.8 Å². The Balaban J connectivity index is 1.76. The van der Waals surface area contributed by atoms with Crippen molar-refractivity contribution in [1.82, 2.24) is 15.2 Å². The highest BCUT2D eigenvalue weighted by Crippen LogP contribution is 2.40. The van der Waals surface area contributed by atoms with Crippen molar-refractivity contribution >= 4 is 23.4 Å². The fraction of sp³-hybridized carbons (Fsp3) is 0.143. The lowest BCUT2D eigenvalue weighted by molar-refractivity contribution is -0.307. The highest BCUT2D eigenvalue weighted by atomic mass is 32.2. The average molecular weight is 421 g/mol. The number of para-hydroxylation sites is 2. The number of anilines is 1. The largest absolute Gasteiger partial charge is 0.546 e. The smallest absolute Gasteiger partial charge is 0.247 e. The molecule has 0 spiro atoms. The fourth-order valence-corrected chi connectivity index (χ4v) is 3.46. The van der Waals surface area contributed by atoms with Gasteiger partial charge in [-0.2, -0.15) is 4.98 Å². The summed E-state index contributed by atoms with van der Waals surface area (Å²) in [5.74, 6) is 0.00622. The van der Waals surface area contributed by atoms with Gasteiger partial charge in [-0.3, -0.25) is 0 Å². The van der Waals surface area contributed by atoms with Gasteiger partial charge in [0.2, 0.25) is 17.3 Å². The Hall–Kier alpha value is -3.59. The second kappa shape index (κ2) is 8.83. The normalized spacial score (nSPS) is 14.3. The molecule has 0 saturated carbocycles. The molecule has 0 radical (unpaired) electrons. The van der Waals surface area contributed by atoms with Crippen molar-refractivity contribution in [2.75, 3.05) is 17.7 Å². The molecule has 152 valence electrons. The van der Waals surface area contributed by atoms with Crippen LogP contribution in [0.2, 0.25) is 0 Å². The molecule has 0 aliphatic carbocycles. The molecule has 8 nitrogen and oxygen atoms in total. The molecule has 1 atom stereocenters. The Morgan fingerprint density at radius 3 is 2.87 bits per heavy atom. The highest BCUT2D eigenvalue weighted by molar-refractivity contribution is 7.99. The number of hydrogen-bond donors (Lipinski definition) is 1. The summed E-state index contributed by atoms with van der Waals surface area (Å²) in [6.07, 6.45) is 1.06. The lowest BCUT2D eigenvalue weighted by Gasteiger charge is -2.22. The predicted octanol–water partition coefficient (Wildman–Crippen LogP) is 2.45. The monoisotopic (exact) mass is 421 g/mol. The lowest BCUT2D eigenvalue weighted by Crippen LogP contribution is -2.29. The number of benzene rings is 2. The molecule has 30 heavy (non-hydrogen) atoms. The molecule has 0 amide bonds. The number of carbonyl (C=O) groups excluding carboxylic acids is 1. The van der Waals surface area contributed by atoms with Crippen LogP contribution in [0, 0.1) is 0 Å². The SMILES string of the molecule is C=CCSc1nnc2c(n1)OC(c1ccccc1OCC(=O)[O-])Nc1ccccc1-2. The first-order valence-corrected chi connectivity index (χ1v) is 10.1. The quantitative estimate of drug-likeness (QED) is 0.454. The van der Waals surface area contributed by atoms with Gasteiger partial charge in [0.15, 0.2) is 5.69 Å². The third-order valence-electron chi connectivity index (χ3n) is 4.21. The maximum absolute atomic E-state index is 10.8. The zero-order chi connectivity index (χ0) is 20.9. The Bertz CT molecular complexity index is 1090. The van der Waals surface area contributed by atoms with Crippen molar-refractivity contribution in [3.05, 3.63) is 66.7 Å². The number of carboxylic acids is 1. The van der Waals surface area contributed by atoms with Crippen molar-refractivity contribution < 1.29 is 19.4 Å². The van der Waals surface area contributed by atoms with E-state index in [2.05, 4.69) is 27.1 Å². The highest BCUT2D eigenvalue weighted by Gasteiger charge is 2.27. The summed E-state index contributed by atoms with van der Waals surface area (Å²) in [6, 6.07) is 14.6. The van der Waals surface area contributed by atoms with Gasteiger partial charge in [-0.1, -0.05) is 48.2 Å². The van der Waals surface area contributed by atoms with Gasteiger partial charge in [0.1, 0.15) is 12.4 Å². The number of hydrogen-bond acceptors (Lipinski definition) is 9. The first kappa shape index (κ1) is 19.7. The first-order valence-electron chi connectivity index (χ1n) is 9.08.